The molecule has 2 atom stereocenters. The molecule has 0 bridgehead atoms. The molecule has 17 heavy (non-hydrogen) atoms. The van der Waals surface area contributed by atoms with E-state index in [-0.39, 0.29) is 12.1 Å². The molecule has 0 aliphatic carbocycles. The number of ether oxygens (including phenoxy) is 1. The highest BCUT2D eigenvalue weighted by molar-refractivity contribution is 5.82. The van der Waals surface area contributed by atoms with Gasteiger partial charge in [-0.25, -0.2) is 0 Å². The van der Waals surface area contributed by atoms with Gasteiger partial charge in [0.25, 0.3) is 0 Å². The quantitative estimate of drug-likeness (QED) is 0.878. The molecule has 0 fully saturated rings. The van der Waals surface area contributed by atoms with Gasteiger partial charge in [-0.2, -0.15) is 0 Å². The second kappa shape index (κ2) is 5.25. The van der Waals surface area contributed by atoms with E-state index in [0.29, 0.717) is 6.61 Å². The van der Waals surface area contributed by atoms with Crippen molar-refractivity contribution in [1.82, 2.24) is 4.98 Å². The summed E-state index contributed by atoms with van der Waals surface area (Å²) in [6.45, 7) is 4.66. The Kier molecular flexibility index (Phi) is 3.71. The minimum absolute atomic E-state index is 0.00538. The van der Waals surface area contributed by atoms with Crippen molar-refractivity contribution in [2.24, 2.45) is 5.73 Å². The summed E-state index contributed by atoms with van der Waals surface area (Å²) in [5.74, 6) is 0. The maximum Gasteiger partial charge on any atom is 0.0739 e. The fourth-order valence-electron chi connectivity index (χ4n) is 2.04. The van der Waals surface area contributed by atoms with E-state index < -0.39 is 0 Å². The molecule has 2 N–H and O–H groups in total. The van der Waals surface area contributed by atoms with Crippen molar-refractivity contribution >= 4 is 10.9 Å². The third-order valence-corrected chi connectivity index (χ3v) is 2.97. The number of fused-ring (bicyclic) bond motifs is 1. The largest absolute Gasteiger partial charge is 0.377 e. The second-order valence-electron chi connectivity index (χ2n) is 4.10. The van der Waals surface area contributed by atoms with Crippen molar-refractivity contribution in [3.8, 4) is 0 Å². The lowest BCUT2D eigenvalue weighted by molar-refractivity contribution is 0.0578. The molecule has 0 radical (unpaired) electrons. The monoisotopic (exact) mass is 230 g/mol. The van der Waals surface area contributed by atoms with Crippen LogP contribution in [0.5, 0.6) is 0 Å². The minimum Gasteiger partial charge on any atom is -0.377 e. The van der Waals surface area contributed by atoms with E-state index in [0.717, 1.165) is 16.5 Å². The maximum atomic E-state index is 6.24. The van der Waals surface area contributed by atoms with Gasteiger partial charge in [0.15, 0.2) is 0 Å². The van der Waals surface area contributed by atoms with Crippen LogP contribution < -0.4 is 5.73 Å². The summed E-state index contributed by atoms with van der Waals surface area (Å²) in [5, 5.41) is 1.11. The van der Waals surface area contributed by atoms with Crippen LogP contribution in [0.2, 0.25) is 0 Å². The number of hydrogen-bond acceptors (Lipinski definition) is 3. The summed E-state index contributed by atoms with van der Waals surface area (Å²) in [7, 11) is 0. The molecule has 2 unspecified atom stereocenters. The van der Waals surface area contributed by atoms with Gasteiger partial charge in [0.1, 0.15) is 0 Å². The third-order valence-electron chi connectivity index (χ3n) is 2.97. The van der Waals surface area contributed by atoms with Crippen molar-refractivity contribution in [3.63, 3.8) is 0 Å². The average molecular weight is 230 g/mol. The van der Waals surface area contributed by atoms with E-state index in [1.807, 2.05) is 38.1 Å². The van der Waals surface area contributed by atoms with Gasteiger partial charge in [-0.1, -0.05) is 18.2 Å². The summed E-state index contributed by atoms with van der Waals surface area (Å²) in [6.07, 6.45) is 1.80. The Morgan fingerprint density at radius 1 is 1.29 bits per heavy atom. The van der Waals surface area contributed by atoms with Crippen molar-refractivity contribution in [2.75, 3.05) is 6.61 Å². The van der Waals surface area contributed by atoms with E-state index in [1.165, 1.54) is 0 Å². The number of pyridine rings is 1. The smallest absolute Gasteiger partial charge is 0.0739 e. The van der Waals surface area contributed by atoms with Crippen LogP contribution in [0.4, 0.5) is 0 Å². The van der Waals surface area contributed by atoms with E-state index in [4.69, 9.17) is 10.5 Å². The molecule has 3 nitrogen and oxygen atoms in total. The van der Waals surface area contributed by atoms with Crippen LogP contribution in [0, 0.1) is 0 Å². The summed E-state index contributed by atoms with van der Waals surface area (Å²) < 4.78 is 5.56. The zero-order chi connectivity index (χ0) is 12.3. The number of nitrogens with zero attached hydrogens (tertiary/aromatic N) is 1. The number of benzene rings is 1. The molecule has 1 aromatic carbocycles. The van der Waals surface area contributed by atoms with Crippen LogP contribution in [0.15, 0.2) is 36.5 Å². The Bertz CT molecular complexity index is 493. The molecule has 0 amide bonds. The Morgan fingerprint density at radius 2 is 2.12 bits per heavy atom. The zero-order valence-corrected chi connectivity index (χ0v) is 10.3. The van der Waals surface area contributed by atoms with Gasteiger partial charge in [-0.15, -0.1) is 0 Å². The Morgan fingerprint density at radius 3 is 2.88 bits per heavy atom. The molecule has 90 valence electrons. The topological polar surface area (TPSA) is 48.1 Å². The SMILES string of the molecule is CCOC(C)C(N)c1cccc2ncccc12. The van der Waals surface area contributed by atoms with Gasteiger partial charge in [-0.05, 0) is 31.5 Å². The molecule has 2 aromatic rings. The molecule has 0 aliphatic rings. The fraction of sp³-hybridized carbons (Fsp3) is 0.357. The predicted molar refractivity (Wildman–Crippen MR) is 69.8 cm³/mol. The highest BCUT2D eigenvalue weighted by Crippen LogP contribution is 2.24. The predicted octanol–water partition coefficient (Wildman–Crippen LogP) is 2.66. The van der Waals surface area contributed by atoms with Gasteiger partial charge in [0.2, 0.25) is 0 Å². The molecule has 1 aromatic heterocycles. The van der Waals surface area contributed by atoms with Crippen LogP contribution in [-0.2, 0) is 4.74 Å². The van der Waals surface area contributed by atoms with Gasteiger partial charge >= 0.3 is 0 Å². The first-order valence-corrected chi connectivity index (χ1v) is 5.95. The first-order valence-electron chi connectivity index (χ1n) is 5.95. The van der Waals surface area contributed by atoms with Crippen LogP contribution in [0.25, 0.3) is 10.9 Å². The lowest BCUT2D eigenvalue weighted by Gasteiger charge is -2.21. The molecule has 0 spiro atoms. The fourth-order valence-corrected chi connectivity index (χ4v) is 2.04. The van der Waals surface area contributed by atoms with Crippen LogP contribution in [0.1, 0.15) is 25.5 Å². The highest BCUT2D eigenvalue weighted by atomic mass is 16.5. The minimum atomic E-state index is -0.122. The summed E-state index contributed by atoms with van der Waals surface area (Å²) in [5.41, 5.74) is 8.31. The molecule has 1 heterocycles. The van der Waals surface area contributed by atoms with Crippen molar-refractivity contribution in [3.05, 3.63) is 42.1 Å². The molecule has 0 saturated carbocycles. The maximum absolute atomic E-state index is 6.24. The number of aromatic nitrogens is 1. The molecule has 0 aliphatic heterocycles. The molecule has 3 heteroatoms. The van der Waals surface area contributed by atoms with Gasteiger partial charge < -0.3 is 10.5 Å². The van der Waals surface area contributed by atoms with E-state index >= 15 is 0 Å². The lowest BCUT2D eigenvalue weighted by atomic mass is 9.98. The van der Waals surface area contributed by atoms with E-state index in [2.05, 4.69) is 11.1 Å². The summed E-state index contributed by atoms with van der Waals surface area (Å²) in [6, 6.07) is 9.90. The first kappa shape index (κ1) is 12.0. The second-order valence-corrected chi connectivity index (χ2v) is 4.10. The first-order chi connectivity index (χ1) is 8.24. The Labute approximate surface area is 102 Å². The van der Waals surface area contributed by atoms with Gasteiger partial charge in [0.05, 0.1) is 17.7 Å². The van der Waals surface area contributed by atoms with Crippen LogP contribution >= 0.6 is 0 Å². The summed E-state index contributed by atoms with van der Waals surface area (Å²) >= 11 is 0. The number of nitrogens with two attached hydrogens (primary N) is 1. The molecule has 0 saturated heterocycles. The molecule has 2 rings (SSSR count). The van der Waals surface area contributed by atoms with E-state index in [9.17, 15) is 0 Å². The van der Waals surface area contributed by atoms with Crippen molar-refractivity contribution < 1.29 is 4.74 Å². The number of rotatable bonds is 4. The van der Waals surface area contributed by atoms with Gasteiger partial charge in [-0.3, -0.25) is 4.98 Å². The Hall–Kier alpha value is -1.45. The highest BCUT2D eigenvalue weighted by Gasteiger charge is 2.17. The Balaban J connectivity index is 2.41. The average Bonchev–Trinajstić information content (AvgIpc) is 2.37. The molecular weight excluding hydrogens is 212 g/mol. The standard InChI is InChI=1S/C14H18N2O/c1-3-17-10(2)14(15)12-6-4-8-13-11(12)7-5-9-16-13/h4-10,14H,3,15H2,1-2H3. The van der Waals surface area contributed by atoms with Crippen molar-refractivity contribution in [2.45, 2.75) is 26.0 Å². The summed E-state index contributed by atoms with van der Waals surface area (Å²) in [4.78, 5) is 4.33. The normalized spacial score (nSPS) is 14.8. The van der Waals surface area contributed by atoms with Crippen molar-refractivity contribution in [1.29, 1.82) is 0 Å². The van der Waals surface area contributed by atoms with Gasteiger partial charge in [0, 0.05) is 18.2 Å². The lowest BCUT2D eigenvalue weighted by Crippen LogP contribution is -2.26. The van der Waals surface area contributed by atoms with Crippen LogP contribution in [-0.4, -0.2) is 17.7 Å². The molecular formula is C14H18N2O. The van der Waals surface area contributed by atoms with Crippen LogP contribution in [0.3, 0.4) is 0 Å². The van der Waals surface area contributed by atoms with E-state index in [1.54, 1.807) is 6.20 Å². The zero-order valence-electron chi connectivity index (χ0n) is 10.3. The number of hydrogen-bond donors (Lipinski definition) is 1. The third kappa shape index (κ3) is 2.46.